The standard InChI is InChI=1S/C30H26ClF4N5O6/c1-2-44-26-15(11-23(36)41)10-22(38-25(26)14-3-6-20-21(9-14)46-30(34,35)45-20)29(43,18-4-5-18)13-37-27(42)16-7-17-12-40(28(32)33)39-24(17)19(31)8-16/h3,6-10,12,18,28,43H,2,4-5,11,13H2,1H3,(H2,36,41)(H,37,42)/t29-/m1/s1. The van der Waals surface area contributed by atoms with E-state index in [-0.39, 0.29) is 86.7 Å². The number of alkyl halides is 4. The van der Waals surface area contributed by atoms with Crippen LogP contribution in [-0.2, 0) is 16.8 Å². The Labute approximate surface area is 263 Å². The predicted octanol–water partition coefficient (Wildman–Crippen LogP) is 4.92. The van der Waals surface area contributed by atoms with Gasteiger partial charge >= 0.3 is 12.8 Å². The summed E-state index contributed by atoms with van der Waals surface area (Å²) in [4.78, 5) is 30.0. The summed E-state index contributed by atoms with van der Waals surface area (Å²) >= 11 is 6.23. The Kier molecular flexibility index (Phi) is 7.92. The highest BCUT2D eigenvalue weighted by Crippen LogP contribution is 2.48. The molecule has 2 amide bonds. The van der Waals surface area contributed by atoms with Gasteiger partial charge in [-0.15, -0.1) is 8.78 Å². The van der Waals surface area contributed by atoms with Crippen LogP contribution < -0.4 is 25.3 Å². The van der Waals surface area contributed by atoms with E-state index in [1.54, 1.807) is 6.92 Å². The number of halogens is 5. The number of carbonyl (C=O) groups is 2. The molecular weight excluding hydrogens is 638 g/mol. The van der Waals surface area contributed by atoms with Crippen LogP contribution in [-0.4, -0.2) is 51.1 Å². The van der Waals surface area contributed by atoms with Crippen LogP contribution in [0.3, 0.4) is 0 Å². The van der Waals surface area contributed by atoms with Gasteiger partial charge in [0.05, 0.1) is 30.3 Å². The molecule has 11 nitrogen and oxygen atoms in total. The van der Waals surface area contributed by atoms with Crippen LogP contribution >= 0.6 is 11.6 Å². The third-order valence-electron chi connectivity index (χ3n) is 7.63. The van der Waals surface area contributed by atoms with E-state index in [4.69, 9.17) is 22.1 Å². The first-order valence-corrected chi connectivity index (χ1v) is 14.5. The predicted molar refractivity (Wildman–Crippen MR) is 155 cm³/mol. The minimum Gasteiger partial charge on any atom is -0.491 e. The number of nitrogens with one attached hydrogen (secondary N) is 1. The average Bonchev–Trinajstić information content (AvgIpc) is 3.67. The van der Waals surface area contributed by atoms with E-state index in [9.17, 15) is 32.3 Å². The number of hydrogen-bond acceptors (Lipinski definition) is 8. The van der Waals surface area contributed by atoms with E-state index in [2.05, 4.69) is 24.9 Å². The van der Waals surface area contributed by atoms with Gasteiger partial charge in [-0.05, 0) is 62.1 Å². The van der Waals surface area contributed by atoms with Crippen molar-refractivity contribution in [3.8, 4) is 28.5 Å². The van der Waals surface area contributed by atoms with Crippen molar-refractivity contribution in [2.45, 2.75) is 44.6 Å². The van der Waals surface area contributed by atoms with Gasteiger partial charge < -0.3 is 30.4 Å². The lowest BCUT2D eigenvalue weighted by molar-refractivity contribution is -0.286. The fourth-order valence-electron chi connectivity index (χ4n) is 5.39. The summed E-state index contributed by atoms with van der Waals surface area (Å²) in [6.45, 7) is -1.40. The fourth-order valence-corrected chi connectivity index (χ4v) is 5.65. The molecule has 2 aromatic heterocycles. The number of nitrogens with zero attached hydrogens (tertiary/aromatic N) is 3. The lowest BCUT2D eigenvalue weighted by Gasteiger charge is -2.30. The Morgan fingerprint density at radius 2 is 1.96 bits per heavy atom. The maximum absolute atomic E-state index is 13.8. The first-order chi connectivity index (χ1) is 21.8. The highest BCUT2D eigenvalue weighted by Gasteiger charge is 2.47. The molecule has 3 heterocycles. The number of amides is 2. The van der Waals surface area contributed by atoms with E-state index in [1.165, 1.54) is 36.4 Å². The quantitative estimate of drug-likeness (QED) is 0.191. The van der Waals surface area contributed by atoms with Crippen LogP contribution in [0.2, 0.25) is 5.02 Å². The molecule has 46 heavy (non-hydrogen) atoms. The second-order valence-corrected chi connectivity index (χ2v) is 11.3. The molecule has 242 valence electrons. The maximum atomic E-state index is 13.8. The minimum absolute atomic E-state index is 0.0186. The molecule has 1 atom stereocenters. The van der Waals surface area contributed by atoms with Gasteiger partial charge in [-0.25, -0.2) is 9.67 Å². The van der Waals surface area contributed by atoms with Gasteiger partial charge in [0.1, 0.15) is 22.6 Å². The molecule has 0 saturated heterocycles. The van der Waals surface area contributed by atoms with Crippen molar-refractivity contribution in [3.05, 3.63) is 64.4 Å². The molecule has 1 fully saturated rings. The number of fused-ring (bicyclic) bond motifs is 2. The second kappa shape index (κ2) is 11.6. The molecule has 1 saturated carbocycles. The summed E-state index contributed by atoms with van der Waals surface area (Å²) in [7, 11) is 0. The summed E-state index contributed by atoms with van der Waals surface area (Å²) in [6, 6.07) is 8.07. The van der Waals surface area contributed by atoms with Crippen LogP contribution in [0.25, 0.3) is 22.2 Å². The Morgan fingerprint density at radius 1 is 1.22 bits per heavy atom. The van der Waals surface area contributed by atoms with Crippen LogP contribution in [0.15, 0.2) is 42.6 Å². The molecule has 16 heteroatoms. The van der Waals surface area contributed by atoms with Crippen molar-refractivity contribution in [2.24, 2.45) is 11.7 Å². The number of primary amides is 1. The van der Waals surface area contributed by atoms with E-state index in [0.29, 0.717) is 17.5 Å². The molecule has 0 bridgehead atoms. The van der Waals surface area contributed by atoms with Gasteiger partial charge in [-0.3, -0.25) is 9.59 Å². The van der Waals surface area contributed by atoms with Crippen LogP contribution in [0.1, 0.15) is 47.9 Å². The number of hydrogen-bond donors (Lipinski definition) is 3. The molecule has 2 aromatic carbocycles. The fraction of sp³-hybridized carbons (Fsp3) is 0.333. The Bertz CT molecular complexity index is 1870. The van der Waals surface area contributed by atoms with Crippen molar-refractivity contribution >= 4 is 34.3 Å². The molecule has 1 aliphatic carbocycles. The van der Waals surface area contributed by atoms with Crippen molar-refractivity contribution in [1.29, 1.82) is 0 Å². The molecule has 0 spiro atoms. The Hall–Kier alpha value is -4.63. The lowest BCUT2D eigenvalue weighted by Crippen LogP contribution is -2.43. The molecule has 0 radical (unpaired) electrons. The Morgan fingerprint density at radius 3 is 2.63 bits per heavy atom. The first-order valence-electron chi connectivity index (χ1n) is 14.1. The normalized spacial score (nSPS) is 16.4. The SMILES string of the molecule is CCOc1c(CC(N)=O)cc([C@@](O)(CNC(=O)c2cc(Cl)c3nn(C(F)F)cc3c2)C2CC2)nc1-c1ccc2c(c1)OC(F)(F)O2. The number of ether oxygens (including phenoxy) is 3. The summed E-state index contributed by atoms with van der Waals surface area (Å²) in [5, 5.41) is 18.7. The highest BCUT2D eigenvalue weighted by atomic mass is 35.5. The molecule has 1 aliphatic heterocycles. The van der Waals surface area contributed by atoms with Crippen LogP contribution in [0, 0.1) is 5.92 Å². The smallest absolute Gasteiger partial charge is 0.491 e. The van der Waals surface area contributed by atoms with Crippen LogP contribution in [0.4, 0.5) is 17.6 Å². The molecule has 4 N–H and O–H groups in total. The van der Waals surface area contributed by atoms with Crippen molar-refractivity contribution in [1.82, 2.24) is 20.1 Å². The zero-order valence-corrected chi connectivity index (χ0v) is 24.8. The molecule has 6 rings (SSSR count). The van der Waals surface area contributed by atoms with Gasteiger partial charge in [0.25, 0.3) is 5.91 Å². The molecule has 4 aromatic rings. The van der Waals surface area contributed by atoms with E-state index in [1.807, 2.05) is 0 Å². The third kappa shape index (κ3) is 5.99. The van der Waals surface area contributed by atoms with Gasteiger partial charge in [0, 0.05) is 28.3 Å². The number of aliphatic hydroxyl groups is 1. The zero-order valence-electron chi connectivity index (χ0n) is 24.0. The molecule has 2 aliphatic rings. The number of nitrogens with two attached hydrogens (primary N) is 1. The average molecular weight is 664 g/mol. The number of rotatable bonds is 11. The largest absolute Gasteiger partial charge is 0.586 e. The third-order valence-corrected chi connectivity index (χ3v) is 7.92. The number of carbonyl (C=O) groups excluding carboxylic acids is 2. The summed E-state index contributed by atoms with van der Waals surface area (Å²) in [5.74, 6) is -2.03. The monoisotopic (exact) mass is 663 g/mol. The summed E-state index contributed by atoms with van der Waals surface area (Å²) in [6.07, 6.45) is -1.93. The van der Waals surface area contributed by atoms with Crippen molar-refractivity contribution in [2.75, 3.05) is 13.2 Å². The van der Waals surface area contributed by atoms with Gasteiger partial charge in [0.2, 0.25) is 5.91 Å². The van der Waals surface area contributed by atoms with Gasteiger partial charge in [-0.1, -0.05) is 11.6 Å². The van der Waals surface area contributed by atoms with Crippen molar-refractivity contribution in [3.63, 3.8) is 0 Å². The topological polar surface area (TPSA) is 151 Å². The van der Waals surface area contributed by atoms with E-state index in [0.717, 1.165) is 6.20 Å². The Balaban J connectivity index is 1.37. The van der Waals surface area contributed by atoms with Crippen LogP contribution in [0.5, 0.6) is 17.2 Å². The number of pyridine rings is 1. The molecular formula is C30H26ClF4N5O6. The second-order valence-electron chi connectivity index (χ2n) is 10.9. The van der Waals surface area contributed by atoms with Gasteiger partial charge in [0.15, 0.2) is 11.5 Å². The summed E-state index contributed by atoms with van der Waals surface area (Å²) in [5.41, 5.74) is 4.60. The zero-order chi connectivity index (χ0) is 33.0. The van der Waals surface area contributed by atoms with Gasteiger partial charge in [-0.2, -0.15) is 13.9 Å². The number of benzene rings is 2. The van der Waals surface area contributed by atoms with E-state index >= 15 is 0 Å². The minimum atomic E-state index is -3.86. The summed E-state index contributed by atoms with van der Waals surface area (Å²) < 4.78 is 69.2. The first kappa shape index (κ1) is 31.4. The molecule has 0 unspecified atom stereocenters. The van der Waals surface area contributed by atoms with Crippen molar-refractivity contribution < 1.29 is 46.5 Å². The van der Waals surface area contributed by atoms with E-state index < -0.39 is 30.3 Å². The number of aromatic nitrogens is 3. The lowest BCUT2D eigenvalue weighted by atomic mass is 9.90. The maximum Gasteiger partial charge on any atom is 0.586 e. The highest BCUT2D eigenvalue weighted by molar-refractivity contribution is 6.35.